The van der Waals surface area contributed by atoms with Crippen LogP contribution in [0.5, 0.6) is 0 Å². The van der Waals surface area contributed by atoms with E-state index in [4.69, 9.17) is 9.47 Å². The van der Waals surface area contributed by atoms with E-state index in [1.165, 1.54) is 6.07 Å². The highest BCUT2D eigenvalue weighted by atomic mass is 19.1. The molecule has 1 aromatic carbocycles. The van der Waals surface area contributed by atoms with Gasteiger partial charge in [0.25, 0.3) is 5.91 Å². The van der Waals surface area contributed by atoms with Crippen molar-refractivity contribution in [3.63, 3.8) is 0 Å². The summed E-state index contributed by atoms with van der Waals surface area (Å²) >= 11 is 0. The van der Waals surface area contributed by atoms with Gasteiger partial charge in [-0.05, 0) is 44.4 Å². The van der Waals surface area contributed by atoms with Gasteiger partial charge in [-0.3, -0.25) is 9.79 Å². The van der Waals surface area contributed by atoms with Gasteiger partial charge in [-0.1, -0.05) is 6.07 Å². The van der Waals surface area contributed by atoms with Crippen molar-refractivity contribution in [1.82, 2.24) is 16.0 Å². The Balaban J connectivity index is 1.64. The van der Waals surface area contributed by atoms with Gasteiger partial charge in [0.05, 0.1) is 12.7 Å². The molecule has 3 N–H and O–H groups in total. The highest BCUT2D eigenvalue weighted by Crippen LogP contribution is 2.09. The lowest BCUT2D eigenvalue weighted by molar-refractivity contribution is 0.0424. The van der Waals surface area contributed by atoms with Crippen molar-refractivity contribution >= 4 is 11.9 Å². The molecule has 0 aliphatic carbocycles. The molecule has 156 valence electrons. The van der Waals surface area contributed by atoms with Crippen molar-refractivity contribution in [2.45, 2.75) is 32.8 Å². The smallest absolute Gasteiger partial charge is 0.251 e. The van der Waals surface area contributed by atoms with Crippen LogP contribution in [0.15, 0.2) is 23.2 Å². The van der Waals surface area contributed by atoms with Gasteiger partial charge in [0.1, 0.15) is 5.82 Å². The summed E-state index contributed by atoms with van der Waals surface area (Å²) in [6, 6.07) is 4.47. The molecule has 8 heteroatoms. The third kappa shape index (κ3) is 7.82. The van der Waals surface area contributed by atoms with Gasteiger partial charge in [-0.15, -0.1) is 0 Å². The number of rotatable bonds is 10. The molecule has 2 rings (SSSR count). The number of aryl methyl sites for hydroxylation is 1. The SMILES string of the molecule is CCNC(=NCCCOC1CCOC1)NCCNC(=O)c1ccc(C)c(F)c1. The molecule has 7 nitrogen and oxygen atoms in total. The number of benzene rings is 1. The lowest BCUT2D eigenvalue weighted by Crippen LogP contribution is -2.41. The first-order chi connectivity index (χ1) is 13.6. The van der Waals surface area contributed by atoms with Crippen LogP contribution in [0.1, 0.15) is 35.7 Å². The molecule has 0 spiro atoms. The largest absolute Gasteiger partial charge is 0.379 e. The summed E-state index contributed by atoms with van der Waals surface area (Å²) in [5, 5.41) is 9.10. The number of nitrogens with one attached hydrogen (secondary N) is 3. The predicted molar refractivity (Wildman–Crippen MR) is 107 cm³/mol. The van der Waals surface area contributed by atoms with E-state index < -0.39 is 0 Å². The zero-order valence-electron chi connectivity index (χ0n) is 16.7. The molecule has 1 amide bonds. The molecule has 1 fully saturated rings. The number of ether oxygens (including phenoxy) is 2. The third-order valence-corrected chi connectivity index (χ3v) is 4.30. The number of hydrogen-bond donors (Lipinski definition) is 3. The molecule has 0 bridgehead atoms. The Morgan fingerprint density at radius 2 is 2.14 bits per heavy atom. The molecule has 1 aromatic rings. The number of halogens is 1. The maximum Gasteiger partial charge on any atom is 0.251 e. The van der Waals surface area contributed by atoms with Gasteiger partial charge >= 0.3 is 0 Å². The van der Waals surface area contributed by atoms with Gasteiger partial charge in [-0.25, -0.2) is 4.39 Å². The lowest BCUT2D eigenvalue weighted by atomic mass is 10.1. The van der Waals surface area contributed by atoms with Crippen molar-refractivity contribution in [2.24, 2.45) is 4.99 Å². The fraction of sp³-hybridized carbons (Fsp3) is 0.600. The van der Waals surface area contributed by atoms with E-state index in [0.717, 1.165) is 26.0 Å². The summed E-state index contributed by atoms with van der Waals surface area (Å²) in [4.78, 5) is 16.6. The molecular weight excluding hydrogens is 363 g/mol. The zero-order valence-corrected chi connectivity index (χ0v) is 16.7. The van der Waals surface area contributed by atoms with E-state index in [-0.39, 0.29) is 17.8 Å². The molecule has 1 heterocycles. The summed E-state index contributed by atoms with van der Waals surface area (Å²) in [6.45, 7) is 8.12. The Hall–Kier alpha value is -2.19. The van der Waals surface area contributed by atoms with Crippen LogP contribution in [-0.4, -0.2) is 64.0 Å². The van der Waals surface area contributed by atoms with Crippen molar-refractivity contribution in [1.29, 1.82) is 0 Å². The van der Waals surface area contributed by atoms with E-state index in [0.29, 0.717) is 49.9 Å². The number of hydrogen-bond acceptors (Lipinski definition) is 4. The molecule has 0 radical (unpaired) electrons. The number of carbonyl (C=O) groups is 1. The molecule has 1 saturated heterocycles. The number of aliphatic imine (C=N–C) groups is 1. The van der Waals surface area contributed by atoms with Crippen LogP contribution in [0, 0.1) is 12.7 Å². The summed E-state index contributed by atoms with van der Waals surface area (Å²) in [6.07, 6.45) is 2.03. The molecule has 0 saturated carbocycles. The standard InChI is InChI=1S/C20H31FN4O3/c1-3-22-20(24-8-4-11-28-17-7-12-27-14-17)25-10-9-23-19(26)16-6-5-15(2)18(21)13-16/h5-6,13,17H,3-4,7-12,14H2,1-2H3,(H,23,26)(H2,22,24,25). The monoisotopic (exact) mass is 394 g/mol. The Morgan fingerprint density at radius 1 is 1.32 bits per heavy atom. The fourth-order valence-corrected chi connectivity index (χ4v) is 2.68. The Kier molecular flexibility index (Phi) is 9.71. The quantitative estimate of drug-likeness (QED) is 0.319. The predicted octanol–water partition coefficient (Wildman–Crippen LogP) is 1.61. The van der Waals surface area contributed by atoms with E-state index >= 15 is 0 Å². The maximum atomic E-state index is 13.5. The minimum absolute atomic E-state index is 0.223. The minimum atomic E-state index is -0.378. The molecule has 1 aliphatic rings. The molecule has 1 aliphatic heterocycles. The first kappa shape index (κ1) is 22.1. The second kappa shape index (κ2) is 12.3. The van der Waals surface area contributed by atoms with Crippen molar-refractivity contribution < 1.29 is 18.7 Å². The Morgan fingerprint density at radius 3 is 2.86 bits per heavy atom. The molecule has 1 unspecified atom stereocenters. The number of carbonyl (C=O) groups excluding carboxylic acids is 1. The normalized spacial score (nSPS) is 16.8. The highest BCUT2D eigenvalue weighted by molar-refractivity contribution is 5.94. The Bertz CT molecular complexity index is 648. The topological polar surface area (TPSA) is 84.0 Å². The van der Waals surface area contributed by atoms with Gasteiger partial charge in [0.2, 0.25) is 0 Å². The summed E-state index contributed by atoms with van der Waals surface area (Å²) < 4.78 is 24.5. The van der Waals surface area contributed by atoms with Gasteiger partial charge in [0.15, 0.2) is 5.96 Å². The Labute approximate surface area is 166 Å². The lowest BCUT2D eigenvalue weighted by Gasteiger charge is -2.12. The number of amides is 1. The van der Waals surface area contributed by atoms with E-state index in [2.05, 4.69) is 20.9 Å². The third-order valence-electron chi connectivity index (χ3n) is 4.30. The molecular formula is C20H31FN4O3. The second-order valence-corrected chi connectivity index (χ2v) is 6.62. The van der Waals surface area contributed by atoms with Gasteiger partial charge < -0.3 is 25.4 Å². The first-order valence-electron chi connectivity index (χ1n) is 9.86. The van der Waals surface area contributed by atoms with Crippen LogP contribution in [-0.2, 0) is 9.47 Å². The zero-order chi connectivity index (χ0) is 20.2. The molecule has 1 atom stereocenters. The molecule has 0 aromatic heterocycles. The molecule has 28 heavy (non-hydrogen) atoms. The van der Waals surface area contributed by atoms with E-state index in [1.807, 2.05) is 6.92 Å². The first-order valence-corrected chi connectivity index (χ1v) is 9.86. The fourth-order valence-electron chi connectivity index (χ4n) is 2.68. The van der Waals surface area contributed by atoms with Crippen LogP contribution in [0.25, 0.3) is 0 Å². The summed E-state index contributed by atoms with van der Waals surface area (Å²) in [7, 11) is 0. The van der Waals surface area contributed by atoms with Crippen LogP contribution >= 0.6 is 0 Å². The van der Waals surface area contributed by atoms with Crippen LogP contribution in [0.4, 0.5) is 4.39 Å². The van der Waals surface area contributed by atoms with E-state index in [9.17, 15) is 9.18 Å². The van der Waals surface area contributed by atoms with Gasteiger partial charge in [-0.2, -0.15) is 0 Å². The average molecular weight is 394 g/mol. The van der Waals surface area contributed by atoms with Crippen LogP contribution < -0.4 is 16.0 Å². The average Bonchev–Trinajstić information content (AvgIpc) is 3.20. The summed E-state index contributed by atoms with van der Waals surface area (Å²) in [5.74, 6) is 0.0230. The van der Waals surface area contributed by atoms with Crippen molar-refractivity contribution in [3.8, 4) is 0 Å². The summed E-state index contributed by atoms with van der Waals surface area (Å²) in [5.41, 5.74) is 0.836. The maximum absolute atomic E-state index is 13.5. The minimum Gasteiger partial charge on any atom is -0.379 e. The van der Waals surface area contributed by atoms with Crippen LogP contribution in [0.3, 0.4) is 0 Å². The van der Waals surface area contributed by atoms with Crippen molar-refractivity contribution in [3.05, 3.63) is 35.1 Å². The van der Waals surface area contributed by atoms with E-state index in [1.54, 1.807) is 19.1 Å². The van der Waals surface area contributed by atoms with Gasteiger partial charge in [0, 0.05) is 45.0 Å². The van der Waals surface area contributed by atoms with Crippen molar-refractivity contribution in [2.75, 3.05) is 46.0 Å². The second-order valence-electron chi connectivity index (χ2n) is 6.62. The van der Waals surface area contributed by atoms with Crippen LogP contribution in [0.2, 0.25) is 0 Å². The number of guanidine groups is 1. The highest BCUT2D eigenvalue weighted by Gasteiger charge is 2.15. The number of nitrogens with zero attached hydrogens (tertiary/aromatic N) is 1.